The number of benzene rings is 2. The van der Waals surface area contributed by atoms with Gasteiger partial charge in [-0.3, -0.25) is 9.80 Å². The van der Waals surface area contributed by atoms with Crippen molar-refractivity contribution >= 4 is 0 Å². The molecule has 33 heavy (non-hydrogen) atoms. The molecule has 3 aliphatic rings. The first-order valence-electron chi connectivity index (χ1n) is 14.0. The van der Waals surface area contributed by atoms with Gasteiger partial charge >= 0.3 is 0 Å². The molecule has 2 saturated carbocycles. The van der Waals surface area contributed by atoms with Crippen molar-refractivity contribution in [3.05, 3.63) is 71.8 Å². The van der Waals surface area contributed by atoms with Crippen molar-refractivity contribution in [2.45, 2.75) is 121 Å². The van der Waals surface area contributed by atoms with Gasteiger partial charge in [0.05, 0.1) is 18.2 Å². The summed E-state index contributed by atoms with van der Waals surface area (Å²) in [7, 11) is 0. The largest absolute Gasteiger partial charge is 0.276 e. The topological polar surface area (TPSA) is 6.48 Å². The van der Waals surface area contributed by atoms with Crippen LogP contribution in [-0.4, -0.2) is 28.0 Å². The fourth-order valence-corrected chi connectivity index (χ4v) is 7.24. The summed E-state index contributed by atoms with van der Waals surface area (Å²) in [6.07, 6.45) is 18.5. The summed E-state index contributed by atoms with van der Waals surface area (Å²) < 4.78 is 0. The Morgan fingerprint density at radius 1 is 0.606 bits per heavy atom. The maximum atomic E-state index is 3.05. The first-order chi connectivity index (χ1) is 16.4. The lowest BCUT2D eigenvalue weighted by Crippen LogP contribution is -2.49. The molecular formula is C31H44N2. The number of hydrogen-bond donors (Lipinski definition) is 0. The second-order valence-electron chi connectivity index (χ2n) is 10.8. The maximum absolute atomic E-state index is 3.05. The van der Waals surface area contributed by atoms with Crippen LogP contribution < -0.4 is 0 Å². The van der Waals surface area contributed by atoms with Crippen LogP contribution in [0.15, 0.2) is 60.7 Å². The van der Waals surface area contributed by atoms with E-state index < -0.39 is 0 Å². The summed E-state index contributed by atoms with van der Waals surface area (Å²) in [5.41, 5.74) is 3.05. The first kappa shape index (κ1) is 23.1. The van der Waals surface area contributed by atoms with Crippen LogP contribution in [0.1, 0.15) is 114 Å². The van der Waals surface area contributed by atoms with Gasteiger partial charge in [0.15, 0.2) is 0 Å². The fourth-order valence-electron chi connectivity index (χ4n) is 7.24. The average Bonchev–Trinajstić information content (AvgIpc) is 3.24. The number of unbranched alkanes of at least 4 members (excludes halogenated alkanes) is 1. The van der Waals surface area contributed by atoms with E-state index in [-0.39, 0.29) is 0 Å². The molecule has 5 rings (SSSR count). The number of rotatable bonds is 7. The molecule has 2 aromatic rings. The van der Waals surface area contributed by atoms with E-state index in [9.17, 15) is 0 Å². The van der Waals surface area contributed by atoms with E-state index in [2.05, 4.69) is 77.4 Å². The van der Waals surface area contributed by atoms with Gasteiger partial charge in [-0.15, -0.1) is 0 Å². The molecular weight excluding hydrogens is 400 g/mol. The van der Waals surface area contributed by atoms with Crippen LogP contribution in [0.25, 0.3) is 0 Å². The molecule has 0 spiro atoms. The highest BCUT2D eigenvalue weighted by Crippen LogP contribution is 2.52. The monoisotopic (exact) mass is 444 g/mol. The van der Waals surface area contributed by atoms with E-state index in [0.29, 0.717) is 18.2 Å². The lowest BCUT2D eigenvalue weighted by molar-refractivity contribution is 0.0205. The predicted octanol–water partition coefficient (Wildman–Crippen LogP) is 8.27. The lowest BCUT2D eigenvalue weighted by atomic mass is 9.87. The Labute approximate surface area is 202 Å². The quantitative estimate of drug-likeness (QED) is 0.424. The van der Waals surface area contributed by atoms with E-state index in [4.69, 9.17) is 0 Å². The molecule has 0 unspecified atom stereocenters. The second-order valence-corrected chi connectivity index (χ2v) is 10.8. The highest BCUT2D eigenvalue weighted by molar-refractivity contribution is 5.31. The molecule has 2 aromatic carbocycles. The number of hydrogen-bond acceptors (Lipinski definition) is 2. The Bertz CT molecular complexity index is 755. The fraction of sp³-hybridized carbons (Fsp3) is 0.613. The molecule has 1 saturated heterocycles. The van der Waals surface area contributed by atoms with Crippen molar-refractivity contribution in [3.63, 3.8) is 0 Å². The third-order valence-electron chi connectivity index (χ3n) is 8.72. The minimum absolute atomic E-state index is 0.459. The van der Waals surface area contributed by atoms with Gasteiger partial charge in [0.25, 0.3) is 0 Å². The normalized spacial score (nSPS) is 26.7. The predicted molar refractivity (Wildman–Crippen MR) is 139 cm³/mol. The second kappa shape index (κ2) is 11.2. The molecule has 0 aromatic heterocycles. The maximum Gasteiger partial charge on any atom is 0.0639 e. The molecule has 178 valence electrons. The van der Waals surface area contributed by atoms with Crippen molar-refractivity contribution < 1.29 is 0 Å². The molecule has 2 nitrogen and oxygen atoms in total. The van der Waals surface area contributed by atoms with Crippen LogP contribution in [-0.2, 0) is 0 Å². The van der Waals surface area contributed by atoms with Crippen molar-refractivity contribution in [3.8, 4) is 0 Å². The van der Waals surface area contributed by atoms with Crippen molar-refractivity contribution in [2.75, 3.05) is 0 Å². The Kier molecular flexibility index (Phi) is 7.84. The zero-order valence-corrected chi connectivity index (χ0v) is 20.7. The molecule has 2 aliphatic carbocycles. The van der Waals surface area contributed by atoms with Gasteiger partial charge in [-0.2, -0.15) is 0 Å². The summed E-state index contributed by atoms with van der Waals surface area (Å²) in [5, 5.41) is 0. The third-order valence-corrected chi connectivity index (χ3v) is 8.72. The Hall–Kier alpha value is -1.64. The van der Waals surface area contributed by atoms with Crippen LogP contribution in [0.3, 0.4) is 0 Å². The Morgan fingerprint density at radius 2 is 1.03 bits per heavy atom. The first-order valence-corrected chi connectivity index (χ1v) is 14.0. The van der Waals surface area contributed by atoms with Crippen molar-refractivity contribution in [1.29, 1.82) is 0 Å². The summed E-state index contributed by atoms with van der Waals surface area (Å²) in [6, 6.07) is 25.5. The van der Waals surface area contributed by atoms with Crippen LogP contribution in [0.4, 0.5) is 0 Å². The van der Waals surface area contributed by atoms with Crippen molar-refractivity contribution in [1.82, 2.24) is 9.80 Å². The van der Waals surface area contributed by atoms with Crippen LogP contribution in [0, 0.1) is 0 Å². The highest BCUT2D eigenvalue weighted by atomic mass is 15.5. The minimum atomic E-state index is 0.459. The summed E-state index contributed by atoms with van der Waals surface area (Å²) in [6.45, 7) is 2.37. The summed E-state index contributed by atoms with van der Waals surface area (Å²) >= 11 is 0. The zero-order chi connectivity index (χ0) is 22.5. The van der Waals surface area contributed by atoms with Gasteiger partial charge in [-0.05, 0) is 43.2 Å². The Morgan fingerprint density at radius 3 is 1.42 bits per heavy atom. The molecule has 3 fully saturated rings. The molecule has 1 aliphatic heterocycles. The van der Waals surface area contributed by atoms with Crippen LogP contribution >= 0.6 is 0 Å². The molecule has 2 atom stereocenters. The van der Waals surface area contributed by atoms with Crippen LogP contribution in [0.2, 0.25) is 0 Å². The lowest BCUT2D eigenvalue weighted by Gasteiger charge is -2.42. The average molecular weight is 445 g/mol. The SMILES string of the molecule is CCCCC1N(C2CCCCC2)[C@H](c2ccccc2)[C@@H](c2ccccc2)N1C1CCCCC1. The van der Waals surface area contributed by atoms with Gasteiger partial charge in [-0.25, -0.2) is 0 Å². The van der Waals surface area contributed by atoms with Gasteiger partial charge < -0.3 is 0 Å². The van der Waals surface area contributed by atoms with Gasteiger partial charge in [0, 0.05) is 12.1 Å². The van der Waals surface area contributed by atoms with E-state index in [1.54, 1.807) is 0 Å². The molecule has 1 heterocycles. The summed E-state index contributed by atoms with van der Waals surface area (Å²) in [4.78, 5) is 6.10. The standard InChI is InChI=1S/C31H44N2/c1-2-3-24-29-32(27-20-12-6-13-21-27)30(25-16-8-4-9-17-25)31(26-18-10-5-11-19-26)33(29)28-22-14-7-15-23-28/h4-5,8-11,16-19,27-31H,2-3,6-7,12-15,20-24H2,1H3/t30-,31-/m1/s1. The van der Waals surface area contributed by atoms with E-state index in [1.165, 1.54) is 94.6 Å². The van der Waals surface area contributed by atoms with Crippen molar-refractivity contribution in [2.24, 2.45) is 0 Å². The summed E-state index contributed by atoms with van der Waals surface area (Å²) in [5.74, 6) is 0. The highest BCUT2D eigenvalue weighted by Gasteiger charge is 2.52. The Balaban J connectivity index is 1.63. The zero-order valence-electron chi connectivity index (χ0n) is 20.7. The van der Waals surface area contributed by atoms with Gasteiger partial charge in [-0.1, -0.05) is 119 Å². The molecule has 0 N–H and O–H groups in total. The third kappa shape index (κ3) is 4.93. The molecule has 2 heteroatoms. The van der Waals surface area contributed by atoms with Crippen LogP contribution in [0.5, 0.6) is 0 Å². The number of nitrogens with zero attached hydrogens (tertiary/aromatic N) is 2. The minimum Gasteiger partial charge on any atom is -0.276 e. The van der Waals surface area contributed by atoms with Gasteiger partial charge in [0.1, 0.15) is 0 Å². The van der Waals surface area contributed by atoms with Gasteiger partial charge in [0.2, 0.25) is 0 Å². The van der Waals surface area contributed by atoms with E-state index >= 15 is 0 Å². The molecule has 0 amide bonds. The molecule has 0 bridgehead atoms. The van der Waals surface area contributed by atoms with E-state index in [0.717, 1.165) is 12.1 Å². The molecule has 0 radical (unpaired) electrons. The van der Waals surface area contributed by atoms with E-state index in [1.807, 2.05) is 0 Å². The smallest absolute Gasteiger partial charge is 0.0639 e.